The van der Waals surface area contributed by atoms with Gasteiger partial charge in [0.05, 0.1) is 12.2 Å². The fourth-order valence-electron chi connectivity index (χ4n) is 3.62. The second-order valence-electron chi connectivity index (χ2n) is 8.06. The number of nitrogens with zero attached hydrogens (tertiary/aromatic N) is 6. The zero-order valence-corrected chi connectivity index (χ0v) is 17.3. The number of aryl methyl sites for hydroxylation is 2. The third-order valence-electron chi connectivity index (χ3n) is 5.37. The first-order valence-electron chi connectivity index (χ1n) is 10.0. The molecule has 1 aliphatic heterocycles. The van der Waals surface area contributed by atoms with Crippen LogP contribution in [-0.4, -0.2) is 49.0 Å². The molecule has 1 atom stereocenters. The Morgan fingerprint density at radius 3 is 2.86 bits per heavy atom. The Morgan fingerprint density at radius 1 is 1.28 bits per heavy atom. The van der Waals surface area contributed by atoms with Crippen LogP contribution >= 0.6 is 0 Å². The smallest absolute Gasteiger partial charge is 0.280 e. The summed E-state index contributed by atoms with van der Waals surface area (Å²) in [4.78, 5) is 19.4. The molecule has 0 aliphatic carbocycles. The molecule has 0 unspecified atom stereocenters. The van der Waals surface area contributed by atoms with E-state index < -0.39 is 0 Å². The van der Waals surface area contributed by atoms with E-state index in [4.69, 9.17) is 4.52 Å². The highest BCUT2D eigenvalue weighted by molar-refractivity contribution is 5.95. The Kier molecular flexibility index (Phi) is 5.17. The van der Waals surface area contributed by atoms with E-state index in [9.17, 15) is 4.79 Å². The first kappa shape index (κ1) is 19.3. The molecule has 3 aromatic rings. The number of hydrogen-bond donors (Lipinski definition) is 0. The number of piperidine rings is 1. The van der Waals surface area contributed by atoms with Crippen molar-refractivity contribution >= 4 is 5.91 Å². The Bertz CT molecular complexity index is 1020. The zero-order chi connectivity index (χ0) is 20.5. The topological polar surface area (TPSA) is 89.9 Å². The molecule has 0 radical (unpaired) electrons. The van der Waals surface area contributed by atoms with Crippen molar-refractivity contribution in [3.63, 3.8) is 0 Å². The van der Waals surface area contributed by atoms with Crippen molar-refractivity contribution in [1.82, 2.24) is 30.0 Å². The lowest BCUT2D eigenvalue weighted by molar-refractivity contribution is 0.0671. The van der Waals surface area contributed by atoms with Gasteiger partial charge < -0.3 is 9.42 Å². The molecule has 152 valence electrons. The molecular weight excluding hydrogens is 368 g/mol. The van der Waals surface area contributed by atoms with E-state index in [0.717, 1.165) is 36.1 Å². The van der Waals surface area contributed by atoms with Crippen molar-refractivity contribution in [3.8, 4) is 11.6 Å². The van der Waals surface area contributed by atoms with Crippen LogP contribution in [0.3, 0.4) is 0 Å². The lowest BCUT2D eigenvalue weighted by atomic mass is 10.0. The van der Waals surface area contributed by atoms with Crippen LogP contribution in [0.5, 0.6) is 0 Å². The third kappa shape index (κ3) is 3.92. The second-order valence-corrected chi connectivity index (χ2v) is 8.06. The first-order chi connectivity index (χ1) is 13.9. The van der Waals surface area contributed by atoms with Crippen LogP contribution in [0.2, 0.25) is 0 Å². The van der Waals surface area contributed by atoms with Crippen LogP contribution in [-0.2, 0) is 0 Å². The molecule has 1 aromatic carbocycles. The van der Waals surface area contributed by atoms with E-state index in [1.54, 1.807) is 0 Å². The van der Waals surface area contributed by atoms with Gasteiger partial charge in [0, 0.05) is 24.6 Å². The molecule has 1 fully saturated rings. The molecule has 0 bridgehead atoms. The summed E-state index contributed by atoms with van der Waals surface area (Å²) in [5, 5.41) is 12.5. The summed E-state index contributed by atoms with van der Waals surface area (Å²) in [6.45, 7) is 9.37. The van der Waals surface area contributed by atoms with Crippen molar-refractivity contribution in [1.29, 1.82) is 0 Å². The van der Waals surface area contributed by atoms with E-state index >= 15 is 0 Å². The highest BCUT2D eigenvalue weighted by Crippen LogP contribution is 2.25. The highest BCUT2D eigenvalue weighted by Gasteiger charge is 2.27. The molecule has 3 heterocycles. The molecule has 8 heteroatoms. The summed E-state index contributed by atoms with van der Waals surface area (Å²) in [5.74, 6) is 1.29. The maximum atomic E-state index is 13.1. The predicted octanol–water partition coefficient (Wildman–Crippen LogP) is 3.55. The van der Waals surface area contributed by atoms with Crippen LogP contribution < -0.4 is 0 Å². The van der Waals surface area contributed by atoms with Gasteiger partial charge in [-0.1, -0.05) is 41.9 Å². The molecule has 1 amide bonds. The van der Waals surface area contributed by atoms with Gasteiger partial charge in [-0.3, -0.25) is 4.79 Å². The van der Waals surface area contributed by atoms with Crippen LogP contribution in [0.15, 0.2) is 28.9 Å². The summed E-state index contributed by atoms with van der Waals surface area (Å²) in [5.41, 5.74) is 3.43. The molecule has 0 spiro atoms. The minimum absolute atomic E-state index is 0.0755. The number of carbonyl (C=O) groups excluding carboxylic acids is 1. The van der Waals surface area contributed by atoms with Crippen molar-refractivity contribution < 1.29 is 9.32 Å². The molecule has 4 rings (SSSR count). The van der Waals surface area contributed by atoms with Crippen molar-refractivity contribution in [2.45, 2.75) is 52.5 Å². The largest absolute Gasteiger partial charge is 0.336 e. The van der Waals surface area contributed by atoms with Crippen LogP contribution in [0.1, 0.15) is 66.0 Å². The standard InChI is InChI=1S/C21H26N6O2/c1-13(2)19-22-20(29-24-19)18-12-27(25-23-18)16-6-5-9-26(11-16)21(28)17-10-14(3)7-8-15(17)4/h7-8,10,12-13,16H,5-6,9,11H2,1-4H3/t16-/m0/s1. The monoisotopic (exact) mass is 394 g/mol. The number of carbonyl (C=O) groups is 1. The normalized spacial score (nSPS) is 17.1. The average Bonchev–Trinajstić information content (AvgIpc) is 3.39. The Balaban J connectivity index is 1.51. The Morgan fingerprint density at radius 2 is 2.10 bits per heavy atom. The summed E-state index contributed by atoms with van der Waals surface area (Å²) < 4.78 is 7.13. The van der Waals surface area contributed by atoms with Gasteiger partial charge in [0.25, 0.3) is 11.8 Å². The van der Waals surface area contributed by atoms with Gasteiger partial charge in [-0.2, -0.15) is 4.98 Å². The number of rotatable bonds is 4. The quantitative estimate of drug-likeness (QED) is 0.672. The van der Waals surface area contributed by atoms with Gasteiger partial charge in [-0.05, 0) is 38.3 Å². The van der Waals surface area contributed by atoms with Crippen LogP contribution in [0, 0.1) is 13.8 Å². The van der Waals surface area contributed by atoms with Crippen molar-refractivity contribution in [2.75, 3.05) is 13.1 Å². The van der Waals surface area contributed by atoms with Crippen LogP contribution in [0.4, 0.5) is 0 Å². The van der Waals surface area contributed by atoms with Crippen molar-refractivity contribution in [2.24, 2.45) is 0 Å². The van der Waals surface area contributed by atoms with Crippen LogP contribution in [0.25, 0.3) is 11.6 Å². The molecule has 1 saturated heterocycles. The summed E-state index contributed by atoms with van der Waals surface area (Å²) in [7, 11) is 0. The number of amides is 1. The lowest BCUT2D eigenvalue weighted by Crippen LogP contribution is -2.41. The second kappa shape index (κ2) is 7.77. The first-order valence-corrected chi connectivity index (χ1v) is 10.0. The Hall–Kier alpha value is -3.03. The fraction of sp³-hybridized carbons (Fsp3) is 0.476. The highest BCUT2D eigenvalue weighted by atomic mass is 16.5. The molecule has 0 saturated carbocycles. The average molecular weight is 394 g/mol. The molecule has 8 nitrogen and oxygen atoms in total. The predicted molar refractivity (Wildman–Crippen MR) is 107 cm³/mol. The Labute approximate surface area is 169 Å². The molecule has 0 N–H and O–H groups in total. The number of benzene rings is 1. The molecule has 29 heavy (non-hydrogen) atoms. The zero-order valence-electron chi connectivity index (χ0n) is 17.3. The van der Waals surface area contributed by atoms with E-state index in [2.05, 4.69) is 20.5 Å². The van der Waals surface area contributed by atoms with Gasteiger partial charge in [0.2, 0.25) is 0 Å². The van der Waals surface area contributed by atoms with Gasteiger partial charge in [-0.15, -0.1) is 5.10 Å². The van der Waals surface area contributed by atoms with Gasteiger partial charge in [0.1, 0.15) is 0 Å². The number of likely N-dealkylation sites (tertiary alicyclic amines) is 1. The minimum atomic E-state index is 0.0755. The lowest BCUT2D eigenvalue weighted by Gasteiger charge is -2.33. The fourth-order valence-corrected chi connectivity index (χ4v) is 3.62. The maximum absolute atomic E-state index is 13.1. The summed E-state index contributed by atoms with van der Waals surface area (Å²) in [6, 6.07) is 6.08. The van der Waals surface area contributed by atoms with Crippen molar-refractivity contribution in [3.05, 3.63) is 46.9 Å². The van der Waals surface area contributed by atoms with Gasteiger partial charge in [-0.25, -0.2) is 4.68 Å². The SMILES string of the molecule is Cc1ccc(C)c(C(=O)N2CCC[C@H](n3cc(-c4nc(C(C)C)no4)nn3)C2)c1. The third-order valence-corrected chi connectivity index (χ3v) is 5.37. The van der Waals surface area contributed by atoms with E-state index in [1.165, 1.54) is 0 Å². The van der Waals surface area contributed by atoms with Gasteiger partial charge in [0.15, 0.2) is 11.5 Å². The molecule has 1 aliphatic rings. The van der Waals surface area contributed by atoms with E-state index in [-0.39, 0.29) is 17.9 Å². The maximum Gasteiger partial charge on any atom is 0.280 e. The van der Waals surface area contributed by atoms with E-state index in [0.29, 0.717) is 24.0 Å². The van der Waals surface area contributed by atoms with Gasteiger partial charge >= 0.3 is 0 Å². The number of hydrogen-bond acceptors (Lipinski definition) is 6. The van der Waals surface area contributed by atoms with E-state index in [1.807, 2.05) is 61.7 Å². The molecule has 2 aromatic heterocycles. The molecular formula is C21H26N6O2. The summed E-state index contributed by atoms with van der Waals surface area (Å²) in [6.07, 6.45) is 3.70. The number of aromatic nitrogens is 5. The summed E-state index contributed by atoms with van der Waals surface area (Å²) >= 11 is 0. The minimum Gasteiger partial charge on any atom is -0.336 e.